The minimum absolute atomic E-state index is 0.156. The molecule has 1 N–H and O–H groups in total. The summed E-state index contributed by atoms with van der Waals surface area (Å²) in [6.07, 6.45) is 1.11. The Hall–Kier alpha value is -1.38. The summed E-state index contributed by atoms with van der Waals surface area (Å²) in [5.74, 6) is 0.180. The summed E-state index contributed by atoms with van der Waals surface area (Å²) < 4.78 is 14.2. The Kier molecular flexibility index (Phi) is 5.38. The van der Waals surface area contributed by atoms with Crippen molar-refractivity contribution in [1.29, 1.82) is 0 Å². The smallest absolute Gasteiger partial charge is 0.146 e. The molecule has 3 heteroatoms. The van der Waals surface area contributed by atoms with Crippen molar-refractivity contribution >= 4 is 11.6 Å². The molecule has 0 bridgehead atoms. The molecule has 1 nitrogen and oxygen atoms in total. The molecule has 0 heterocycles. The molecule has 2 aromatic rings. The van der Waals surface area contributed by atoms with Crippen molar-refractivity contribution in [3.8, 4) is 0 Å². The van der Waals surface area contributed by atoms with E-state index in [-0.39, 0.29) is 16.9 Å². The molecule has 112 valence electrons. The average molecular weight is 306 g/mol. The van der Waals surface area contributed by atoms with Crippen molar-refractivity contribution in [3.63, 3.8) is 0 Å². The van der Waals surface area contributed by atoms with Crippen LogP contribution in [0.5, 0.6) is 0 Å². The summed E-state index contributed by atoms with van der Waals surface area (Å²) in [6.45, 7) is 4.39. The Labute approximate surface area is 131 Å². The first-order valence-electron chi connectivity index (χ1n) is 7.29. The van der Waals surface area contributed by atoms with Gasteiger partial charge >= 0.3 is 0 Å². The maximum Gasteiger partial charge on any atom is 0.146 e. The van der Waals surface area contributed by atoms with Crippen LogP contribution in [0, 0.1) is 5.82 Å². The Morgan fingerprint density at radius 3 is 2.29 bits per heavy atom. The second-order valence-corrected chi connectivity index (χ2v) is 5.75. The van der Waals surface area contributed by atoms with Crippen LogP contribution in [0.1, 0.15) is 48.9 Å². The van der Waals surface area contributed by atoms with Crippen LogP contribution in [0.15, 0.2) is 42.5 Å². The van der Waals surface area contributed by atoms with E-state index >= 15 is 0 Å². The molecule has 0 radical (unpaired) electrons. The highest BCUT2D eigenvalue weighted by Gasteiger charge is 2.18. The predicted octanol–water partition coefficient (Wildman–Crippen LogP) is 5.30. The fourth-order valence-corrected chi connectivity index (χ4v) is 2.68. The fraction of sp³-hybridized carbons (Fsp3) is 0.333. The van der Waals surface area contributed by atoms with E-state index < -0.39 is 0 Å². The van der Waals surface area contributed by atoms with Gasteiger partial charge in [0.2, 0.25) is 0 Å². The van der Waals surface area contributed by atoms with Crippen LogP contribution >= 0.6 is 11.6 Å². The Morgan fingerprint density at radius 1 is 1.10 bits per heavy atom. The fourth-order valence-electron chi connectivity index (χ4n) is 2.50. The van der Waals surface area contributed by atoms with E-state index in [0.29, 0.717) is 11.5 Å². The summed E-state index contributed by atoms with van der Waals surface area (Å²) in [6, 6.07) is 13.3. The van der Waals surface area contributed by atoms with Crippen LogP contribution < -0.4 is 5.32 Å². The molecular weight excluding hydrogens is 285 g/mol. The van der Waals surface area contributed by atoms with Gasteiger partial charge in [0.1, 0.15) is 5.82 Å². The third kappa shape index (κ3) is 3.45. The van der Waals surface area contributed by atoms with Gasteiger partial charge in [-0.2, -0.15) is 0 Å². The molecule has 0 saturated heterocycles. The molecule has 0 aliphatic carbocycles. The summed E-state index contributed by atoms with van der Waals surface area (Å²) in [5.41, 5.74) is 2.91. The maximum absolute atomic E-state index is 14.2. The van der Waals surface area contributed by atoms with Crippen LogP contribution in [0.2, 0.25) is 5.02 Å². The van der Waals surface area contributed by atoms with Gasteiger partial charge in [0.25, 0.3) is 0 Å². The topological polar surface area (TPSA) is 12.0 Å². The molecule has 0 amide bonds. The molecule has 0 saturated carbocycles. The predicted molar refractivity (Wildman–Crippen MR) is 87.5 cm³/mol. The van der Waals surface area contributed by atoms with E-state index in [1.165, 1.54) is 5.56 Å². The maximum atomic E-state index is 14.2. The minimum Gasteiger partial charge on any atom is -0.309 e. The zero-order valence-corrected chi connectivity index (χ0v) is 13.4. The van der Waals surface area contributed by atoms with Gasteiger partial charge < -0.3 is 5.32 Å². The normalized spacial score (nSPS) is 14.0. The summed E-state index contributed by atoms with van der Waals surface area (Å²) >= 11 is 5.89. The minimum atomic E-state index is -0.357. The molecule has 0 aromatic heterocycles. The van der Waals surface area contributed by atoms with Gasteiger partial charge in [-0.05, 0) is 36.6 Å². The van der Waals surface area contributed by atoms with Gasteiger partial charge in [0, 0.05) is 5.56 Å². The molecule has 0 fully saturated rings. The van der Waals surface area contributed by atoms with Gasteiger partial charge in [0.15, 0.2) is 0 Å². The molecule has 2 aromatic carbocycles. The van der Waals surface area contributed by atoms with E-state index in [1.807, 2.05) is 7.05 Å². The van der Waals surface area contributed by atoms with Gasteiger partial charge in [-0.1, -0.05) is 61.8 Å². The third-order valence-electron chi connectivity index (χ3n) is 4.03. The number of hydrogen-bond acceptors (Lipinski definition) is 1. The van der Waals surface area contributed by atoms with Crippen molar-refractivity contribution in [2.75, 3.05) is 7.05 Å². The lowest BCUT2D eigenvalue weighted by atomic mass is 9.93. The third-order valence-corrected chi connectivity index (χ3v) is 4.32. The molecule has 0 aliphatic heterocycles. The lowest BCUT2D eigenvalue weighted by Gasteiger charge is -2.19. The van der Waals surface area contributed by atoms with Crippen molar-refractivity contribution in [1.82, 2.24) is 5.32 Å². The lowest BCUT2D eigenvalue weighted by molar-refractivity contribution is 0.576. The van der Waals surface area contributed by atoms with Crippen molar-refractivity contribution in [2.45, 2.75) is 32.2 Å². The van der Waals surface area contributed by atoms with E-state index in [2.05, 4.69) is 43.4 Å². The first-order valence-corrected chi connectivity index (χ1v) is 7.67. The monoisotopic (exact) mass is 305 g/mol. The Morgan fingerprint density at radius 2 is 1.71 bits per heavy atom. The molecule has 0 aliphatic rings. The molecule has 2 rings (SSSR count). The van der Waals surface area contributed by atoms with Crippen LogP contribution in [-0.2, 0) is 0 Å². The van der Waals surface area contributed by atoms with Crippen molar-refractivity contribution in [2.24, 2.45) is 0 Å². The van der Waals surface area contributed by atoms with Crippen LogP contribution in [0.3, 0.4) is 0 Å². The lowest BCUT2D eigenvalue weighted by Crippen LogP contribution is -2.19. The van der Waals surface area contributed by atoms with Crippen LogP contribution in [0.4, 0.5) is 4.39 Å². The van der Waals surface area contributed by atoms with Gasteiger partial charge in [-0.25, -0.2) is 4.39 Å². The standard InChI is InChI=1S/C18H21ClFN/c1-4-12(2)13-8-10-14(11-9-13)18(21-3)15-6-5-7-16(19)17(15)20/h5-12,18,21H,4H2,1-3H3. The number of benzene rings is 2. The first-order chi connectivity index (χ1) is 10.1. The van der Waals surface area contributed by atoms with E-state index in [4.69, 9.17) is 11.6 Å². The number of hydrogen-bond donors (Lipinski definition) is 1. The molecule has 0 spiro atoms. The highest BCUT2D eigenvalue weighted by molar-refractivity contribution is 6.30. The zero-order chi connectivity index (χ0) is 15.4. The van der Waals surface area contributed by atoms with E-state index in [0.717, 1.165) is 12.0 Å². The molecular formula is C18H21ClFN. The summed E-state index contributed by atoms with van der Waals surface area (Å²) in [7, 11) is 1.83. The van der Waals surface area contributed by atoms with E-state index in [9.17, 15) is 4.39 Å². The summed E-state index contributed by atoms with van der Waals surface area (Å²) in [4.78, 5) is 0. The van der Waals surface area contributed by atoms with Gasteiger partial charge in [-0.15, -0.1) is 0 Å². The zero-order valence-electron chi connectivity index (χ0n) is 12.7. The molecule has 2 unspecified atom stereocenters. The second-order valence-electron chi connectivity index (χ2n) is 5.34. The van der Waals surface area contributed by atoms with Gasteiger partial charge in [0.05, 0.1) is 11.1 Å². The number of nitrogens with one attached hydrogen (secondary N) is 1. The highest BCUT2D eigenvalue weighted by Crippen LogP contribution is 2.29. The van der Waals surface area contributed by atoms with Gasteiger partial charge in [-0.3, -0.25) is 0 Å². The average Bonchev–Trinajstić information content (AvgIpc) is 2.52. The Bertz CT molecular complexity index is 595. The van der Waals surface area contributed by atoms with Crippen molar-refractivity contribution < 1.29 is 4.39 Å². The van der Waals surface area contributed by atoms with E-state index in [1.54, 1.807) is 18.2 Å². The summed E-state index contributed by atoms with van der Waals surface area (Å²) in [5, 5.41) is 3.32. The highest BCUT2D eigenvalue weighted by atomic mass is 35.5. The largest absolute Gasteiger partial charge is 0.309 e. The SMILES string of the molecule is CCC(C)c1ccc(C(NC)c2cccc(Cl)c2F)cc1. The van der Waals surface area contributed by atoms with Crippen molar-refractivity contribution in [3.05, 3.63) is 70.0 Å². The Balaban J connectivity index is 2.35. The van der Waals surface area contributed by atoms with Crippen LogP contribution in [0.25, 0.3) is 0 Å². The number of halogens is 2. The second kappa shape index (κ2) is 7.06. The molecule has 21 heavy (non-hydrogen) atoms. The number of rotatable bonds is 5. The quantitative estimate of drug-likeness (QED) is 0.790. The van der Waals surface area contributed by atoms with Crippen LogP contribution in [-0.4, -0.2) is 7.05 Å². The first kappa shape index (κ1) is 16.0. The molecule has 2 atom stereocenters.